The highest BCUT2D eigenvalue weighted by atomic mass is 14.9. The fourth-order valence-electron chi connectivity index (χ4n) is 1.74. The molecule has 0 amide bonds. The van der Waals surface area contributed by atoms with Crippen LogP contribution in [0.5, 0.6) is 0 Å². The SMILES string of the molecule is CCC(C)Cc1nc2c(C#N)cccc2[nH]1. The van der Waals surface area contributed by atoms with Crippen molar-refractivity contribution in [2.24, 2.45) is 5.92 Å². The molecule has 16 heavy (non-hydrogen) atoms. The average Bonchev–Trinajstić information content (AvgIpc) is 2.70. The van der Waals surface area contributed by atoms with Gasteiger partial charge in [-0.05, 0) is 18.1 Å². The van der Waals surface area contributed by atoms with Crippen LogP contribution in [0.25, 0.3) is 11.0 Å². The summed E-state index contributed by atoms with van der Waals surface area (Å²) in [6.45, 7) is 4.38. The van der Waals surface area contributed by atoms with Crippen LogP contribution in [0.2, 0.25) is 0 Å². The first-order valence-corrected chi connectivity index (χ1v) is 5.62. The summed E-state index contributed by atoms with van der Waals surface area (Å²) in [5.74, 6) is 1.60. The number of hydrogen-bond acceptors (Lipinski definition) is 2. The fourth-order valence-corrected chi connectivity index (χ4v) is 1.74. The molecule has 0 radical (unpaired) electrons. The lowest BCUT2D eigenvalue weighted by Gasteiger charge is -2.03. The van der Waals surface area contributed by atoms with Crippen LogP contribution in [-0.4, -0.2) is 9.97 Å². The van der Waals surface area contributed by atoms with Gasteiger partial charge >= 0.3 is 0 Å². The third-order valence-corrected chi connectivity index (χ3v) is 2.92. The molecule has 3 nitrogen and oxygen atoms in total. The van der Waals surface area contributed by atoms with Crippen molar-refractivity contribution in [3.8, 4) is 6.07 Å². The number of nitrogens with one attached hydrogen (secondary N) is 1. The first-order valence-electron chi connectivity index (χ1n) is 5.62. The van der Waals surface area contributed by atoms with Crippen molar-refractivity contribution < 1.29 is 0 Å². The van der Waals surface area contributed by atoms with Crippen LogP contribution < -0.4 is 0 Å². The second-order valence-electron chi connectivity index (χ2n) is 4.21. The van der Waals surface area contributed by atoms with Crippen LogP contribution >= 0.6 is 0 Å². The summed E-state index contributed by atoms with van der Waals surface area (Å²) in [5, 5.41) is 8.97. The molecule has 1 aromatic heterocycles. The molecule has 1 unspecified atom stereocenters. The Balaban J connectivity index is 2.41. The van der Waals surface area contributed by atoms with Gasteiger partial charge in [0.15, 0.2) is 0 Å². The van der Waals surface area contributed by atoms with Crippen LogP contribution in [0.4, 0.5) is 0 Å². The molecule has 1 aromatic carbocycles. The van der Waals surface area contributed by atoms with Gasteiger partial charge in [0.05, 0.1) is 11.1 Å². The largest absolute Gasteiger partial charge is 0.342 e. The van der Waals surface area contributed by atoms with Crippen molar-refractivity contribution in [2.75, 3.05) is 0 Å². The van der Waals surface area contributed by atoms with Crippen LogP contribution in [0.15, 0.2) is 18.2 Å². The third kappa shape index (κ3) is 1.92. The Morgan fingerprint density at radius 1 is 1.50 bits per heavy atom. The molecule has 1 N–H and O–H groups in total. The molecule has 82 valence electrons. The number of aromatic nitrogens is 2. The summed E-state index contributed by atoms with van der Waals surface area (Å²) >= 11 is 0. The number of H-pyrrole nitrogens is 1. The second-order valence-corrected chi connectivity index (χ2v) is 4.21. The molecule has 0 saturated heterocycles. The van der Waals surface area contributed by atoms with Crippen LogP contribution in [0, 0.1) is 17.2 Å². The summed E-state index contributed by atoms with van der Waals surface area (Å²) in [4.78, 5) is 7.77. The van der Waals surface area contributed by atoms with E-state index in [9.17, 15) is 0 Å². The van der Waals surface area contributed by atoms with E-state index in [0.717, 1.165) is 29.7 Å². The van der Waals surface area contributed by atoms with Crippen molar-refractivity contribution in [3.05, 3.63) is 29.6 Å². The summed E-state index contributed by atoms with van der Waals surface area (Å²) < 4.78 is 0. The molecule has 1 heterocycles. The Morgan fingerprint density at radius 2 is 2.31 bits per heavy atom. The molecule has 1 atom stereocenters. The van der Waals surface area contributed by atoms with Crippen molar-refractivity contribution in [2.45, 2.75) is 26.7 Å². The van der Waals surface area contributed by atoms with E-state index < -0.39 is 0 Å². The maximum absolute atomic E-state index is 8.97. The first kappa shape index (κ1) is 10.7. The lowest BCUT2D eigenvalue weighted by molar-refractivity contribution is 0.547. The Bertz CT molecular complexity index is 534. The highest BCUT2D eigenvalue weighted by Crippen LogP contribution is 2.17. The zero-order chi connectivity index (χ0) is 11.5. The molecule has 2 aromatic rings. The Hall–Kier alpha value is -1.82. The molecular formula is C13H15N3. The molecule has 0 saturated carbocycles. The van der Waals surface area contributed by atoms with E-state index >= 15 is 0 Å². The lowest BCUT2D eigenvalue weighted by atomic mass is 10.1. The summed E-state index contributed by atoms with van der Waals surface area (Å²) in [7, 11) is 0. The van der Waals surface area contributed by atoms with E-state index in [1.54, 1.807) is 6.07 Å². The van der Waals surface area contributed by atoms with Crippen molar-refractivity contribution in [3.63, 3.8) is 0 Å². The molecule has 0 aliphatic rings. The quantitative estimate of drug-likeness (QED) is 0.852. The van der Waals surface area contributed by atoms with Gasteiger partial charge in [0.25, 0.3) is 0 Å². The predicted octanol–water partition coefficient (Wildman–Crippen LogP) is 3.02. The van der Waals surface area contributed by atoms with Crippen LogP contribution in [0.1, 0.15) is 31.7 Å². The smallest absolute Gasteiger partial charge is 0.107 e. The fraction of sp³-hybridized carbons (Fsp3) is 0.385. The number of rotatable bonds is 3. The highest BCUT2D eigenvalue weighted by Gasteiger charge is 2.08. The van der Waals surface area contributed by atoms with Gasteiger partial charge in [-0.15, -0.1) is 0 Å². The maximum Gasteiger partial charge on any atom is 0.107 e. The number of aromatic amines is 1. The Labute approximate surface area is 95.1 Å². The van der Waals surface area contributed by atoms with E-state index in [1.807, 2.05) is 12.1 Å². The normalized spacial score (nSPS) is 12.6. The zero-order valence-corrected chi connectivity index (χ0v) is 9.62. The summed E-state index contributed by atoms with van der Waals surface area (Å²) in [6, 6.07) is 7.81. The van der Waals surface area contributed by atoms with Gasteiger partial charge in [0, 0.05) is 6.42 Å². The minimum Gasteiger partial charge on any atom is -0.342 e. The Morgan fingerprint density at radius 3 is 3.00 bits per heavy atom. The standard InChI is InChI=1S/C13H15N3/c1-3-9(2)7-12-15-11-6-4-5-10(8-14)13(11)16-12/h4-6,9H,3,7H2,1-2H3,(H,15,16). The third-order valence-electron chi connectivity index (χ3n) is 2.92. The van der Waals surface area contributed by atoms with Crippen molar-refractivity contribution >= 4 is 11.0 Å². The highest BCUT2D eigenvalue weighted by molar-refractivity contribution is 5.81. The molecule has 0 aliphatic heterocycles. The van der Waals surface area contributed by atoms with Crippen molar-refractivity contribution in [1.29, 1.82) is 5.26 Å². The van der Waals surface area contributed by atoms with E-state index in [2.05, 4.69) is 29.9 Å². The molecular weight excluding hydrogens is 198 g/mol. The first-order chi connectivity index (χ1) is 7.74. The second kappa shape index (κ2) is 4.36. The summed E-state index contributed by atoms with van der Waals surface area (Å²) in [5.41, 5.74) is 2.39. The maximum atomic E-state index is 8.97. The number of hydrogen-bond donors (Lipinski definition) is 1. The lowest BCUT2D eigenvalue weighted by Crippen LogP contribution is -1.99. The van der Waals surface area contributed by atoms with Crippen LogP contribution in [-0.2, 0) is 6.42 Å². The number of nitriles is 1. The molecule has 3 heteroatoms. The molecule has 0 bridgehead atoms. The molecule has 2 rings (SSSR count). The van der Waals surface area contributed by atoms with E-state index in [1.165, 1.54) is 0 Å². The van der Waals surface area contributed by atoms with E-state index in [0.29, 0.717) is 11.5 Å². The van der Waals surface area contributed by atoms with Gasteiger partial charge < -0.3 is 4.98 Å². The molecule has 0 fully saturated rings. The molecule has 0 aliphatic carbocycles. The minimum atomic E-state index is 0.617. The number of nitrogens with zero attached hydrogens (tertiary/aromatic N) is 2. The van der Waals surface area contributed by atoms with Crippen LogP contribution in [0.3, 0.4) is 0 Å². The van der Waals surface area contributed by atoms with Gasteiger partial charge in [-0.3, -0.25) is 0 Å². The van der Waals surface area contributed by atoms with Gasteiger partial charge in [0.2, 0.25) is 0 Å². The summed E-state index contributed by atoms with van der Waals surface area (Å²) in [6.07, 6.45) is 2.08. The number of fused-ring (bicyclic) bond motifs is 1. The van der Waals surface area contributed by atoms with Gasteiger partial charge in [-0.2, -0.15) is 5.26 Å². The average molecular weight is 213 g/mol. The van der Waals surface area contributed by atoms with Crippen molar-refractivity contribution in [1.82, 2.24) is 9.97 Å². The van der Waals surface area contributed by atoms with E-state index in [4.69, 9.17) is 5.26 Å². The minimum absolute atomic E-state index is 0.617. The number of benzene rings is 1. The number of para-hydroxylation sites is 1. The Kier molecular flexibility index (Phi) is 2.91. The topological polar surface area (TPSA) is 52.5 Å². The van der Waals surface area contributed by atoms with E-state index in [-0.39, 0.29) is 0 Å². The number of imidazole rings is 1. The monoisotopic (exact) mass is 213 g/mol. The van der Waals surface area contributed by atoms with Gasteiger partial charge in [-0.25, -0.2) is 4.98 Å². The zero-order valence-electron chi connectivity index (χ0n) is 9.62. The van der Waals surface area contributed by atoms with Gasteiger partial charge in [-0.1, -0.05) is 26.3 Å². The van der Waals surface area contributed by atoms with Gasteiger partial charge in [0.1, 0.15) is 17.4 Å². The predicted molar refractivity (Wildman–Crippen MR) is 64.0 cm³/mol. The molecule has 0 spiro atoms.